The van der Waals surface area contributed by atoms with Gasteiger partial charge in [-0.15, -0.1) is 0 Å². The Kier molecular flexibility index (Phi) is 6.00. The standard InChI is InChI=1S/C12H17BrN2O2/c1-2-15(7-8-16)12(17)14-9-10-5-3-4-6-11(10)13/h3-6,16H,2,7-9H2,1H3,(H,14,17). The maximum absolute atomic E-state index is 11.7. The number of amides is 2. The van der Waals surface area contributed by atoms with Crippen molar-refractivity contribution in [2.24, 2.45) is 0 Å². The van der Waals surface area contributed by atoms with E-state index in [1.54, 1.807) is 4.90 Å². The molecule has 2 N–H and O–H groups in total. The third-order valence-corrected chi connectivity index (χ3v) is 3.20. The van der Waals surface area contributed by atoms with Crippen molar-refractivity contribution < 1.29 is 9.90 Å². The average molecular weight is 301 g/mol. The molecule has 0 fully saturated rings. The highest BCUT2D eigenvalue weighted by atomic mass is 79.9. The van der Waals surface area contributed by atoms with E-state index in [1.165, 1.54) is 0 Å². The predicted octanol–water partition coefficient (Wildman–Crippen LogP) is 1.97. The lowest BCUT2D eigenvalue weighted by atomic mass is 10.2. The van der Waals surface area contributed by atoms with Crippen LogP contribution < -0.4 is 5.32 Å². The van der Waals surface area contributed by atoms with E-state index in [1.807, 2.05) is 31.2 Å². The molecule has 0 saturated carbocycles. The van der Waals surface area contributed by atoms with Crippen molar-refractivity contribution in [2.75, 3.05) is 19.7 Å². The van der Waals surface area contributed by atoms with Crippen molar-refractivity contribution in [3.05, 3.63) is 34.3 Å². The van der Waals surface area contributed by atoms with Crippen LogP contribution in [-0.2, 0) is 6.54 Å². The van der Waals surface area contributed by atoms with Crippen molar-refractivity contribution in [1.82, 2.24) is 10.2 Å². The molecule has 4 nitrogen and oxygen atoms in total. The number of urea groups is 1. The van der Waals surface area contributed by atoms with Gasteiger partial charge in [0.1, 0.15) is 0 Å². The molecule has 0 atom stereocenters. The third kappa shape index (κ3) is 4.36. The molecule has 0 radical (unpaired) electrons. The molecule has 0 heterocycles. The average Bonchev–Trinajstić information content (AvgIpc) is 2.34. The first-order valence-electron chi connectivity index (χ1n) is 5.56. The summed E-state index contributed by atoms with van der Waals surface area (Å²) < 4.78 is 0.977. The van der Waals surface area contributed by atoms with Gasteiger partial charge in [0.25, 0.3) is 0 Å². The highest BCUT2D eigenvalue weighted by Crippen LogP contribution is 2.15. The van der Waals surface area contributed by atoms with Crippen molar-refractivity contribution >= 4 is 22.0 Å². The summed E-state index contributed by atoms with van der Waals surface area (Å²) in [7, 11) is 0. The topological polar surface area (TPSA) is 52.6 Å². The number of aliphatic hydroxyl groups is 1. The Morgan fingerprint density at radius 1 is 1.47 bits per heavy atom. The van der Waals surface area contributed by atoms with Crippen molar-refractivity contribution in [3.63, 3.8) is 0 Å². The third-order valence-electron chi connectivity index (χ3n) is 2.43. The largest absolute Gasteiger partial charge is 0.395 e. The van der Waals surface area contributed by atoms with E-state index in [-0.39, 0.29) is 12.6 Å². The summed E-state index contributed by atoms with van der Waals surface area (Å²) in [5.41, 5.74) is 1.03. The predicted molar refractivity (Wildman–Crippen MR) is 70.7 cm³/mol. The zero-order chi connectivity index (χ0) is 12.7. The first-order valence-corrected chi connectivity index (χ1v) is 6.35. The van der Waals surface area contributed by atoms with Gasteiger partial charge in [-0.1, -0.05) is 34.1 Å². The number of rotatable bonds is 5. The van der Waals surface area contributed by atoms with Crippen LogP contribution in [0.15, 0.2) is 28.7 Å². The molecule has 0 aliphatic carbocycles. The fourth-order valence-electron chi connectivity index (χ4n) is 1.45. The van der Waals surface area contributed by atoms with Crippen LogP contribution in [-0.4, -0.2) is 35.7 Å². The van der Waals surface area contributed by atoms with Crippen LogP contribution >= 0.6 is 15.9 Å². The Bertz CT molecular complexity index is 371. The van der Waals surface area contributed by atoms with Gasteiger partial charge in [0.2, 0.25) is 0 Å². The minimum Gasteiger partial charge on any atom is -0.395 e. The second kappa shape index (κ2) is 7.29. The number of hydrogen-bond donors (Lipinski definition) is 2. The fraction of sp³-hybridized carbons (Fsp3) is 0.417. The van der Waals surface area contributed by atoms with Crippen LogP contribution in [0.2, 0.25) is 0 Å². The zero-order valence-corrected chi connectivity index (χ0v) is 11.4. The monoisotopic (exact) mass is 300 g/mol. The number of nitrogens with one attached hydrogen (secondary N) is 1. The lowest BCUT2D eigenvalue weighted by molar-refractivity contribution is 0.180. The van der Waals surface area contributed by atoms with Crippen LogP contribution in [0.25, 0.3) is 0 Å². The van der Waals surface area contributed by atoms with E-state index in [0.717, 1.165) is 10.0 Å². The van der Waals surface area contributed by atoms with Gasteiger partial charge < -0.3 is 15.3 Å². The van der Waals surface area contributed by atoms with Crippen molar-refractivity contribution in [1.29, 1.82) is 0 Å². The second-order valence-corrected chi connectivity index (χ2v) is 4.41. The van der Waals surface area contributed by atoms with Gasteiger partial charge in [0.15, 0.2) is 0 Å². The molecule has 0 aromatic heterocycles. The number of hydrogen-bond acceptors (Lipinski definition) is 2. The number of carbonyl (C=O) groups excluding carboxylic acids is 1. The molecule has 2 amide bonds. The first-order chi connectivity index (χ1) is 8.19. The molecule has 0 spiro atoms. The Morgan fingerprint density at radius 3 is 2.76 bits per heavy atom. The molecule has 1 aromatic rings. The lowest BCUT2D eigenvalue weighted by Crippen LogP contribution is -2.41. The van der Waals surface area contributed by atoms with E-state index in [0.29, 0.717) is 19.6 Å². The molecule has 0 bridgehead atoms. The molecule has 0 saturated heterocycles. The summed E-state index contributed by atoms with van der Waals surface area (Å²) in [5.74, 6) is 0. The molecule has 5 heteroatoms. The quantitative estimate of drug-likeness (QED) is 0.873. The van der Waals surface area contributed by atoms with Crippen molar-refractivity contribution in [2.45, 2.75) is 13.5 Å². The highest BCUT2D eigenvalue weighted by Gasteiger charge is 2.10. The highest BCUT2D eigenvalue weighted by molar-refractivity contribution is 9.10. The van der Waals surface area contributed by atoms with Gasteiger partial charge in [-0.2, -0.15) is 0 Å². The molecule has 0 aliphatic rings. The van der Waals surface area contributed by atoms with Crippen LogP contribution in [0, 0.1) is 0 Å². The Labute approximate surface area is 110 Å². The summed E-state index contributed by atoms with van der Waals surface area (Å²) in [5, 5.41) is 11.6. The smallest absolute Gasteiger partial charge is 0.317 e. The van der Waals surface area contributed by atoms with E-state index >= 15 is 0 Å². The molecule has 1 rings (SSSR count). The Morgan fingerprint density at radius 2 is 2.18 bits per heavy atom. The number of carbonyl (C=O) groups is 1. The van der Waals surface area contributed by atoms with Gasteiger partial charge in [0, 0.05) is 24.1 Å². The van der Waals surface area contributed by atoms with Crippen LogP contribution in [0.5, 0.6) is 0 Å². The first kappa shape index (κ1) is 14.0. The van der Waals surface area contributed by atoms with Crippen LogP contribution in [0.1, 0.15) is 12.5 Å². The van der Waals surface area contributed by atoms with E-state index < -0.39 is 0 Å². The Balaban J connectivity index is 2.50. The molecule has 94 valence electrons. The van der Waals surface area contributed by atoms with E-state index in [2.05, 4.69) is 21.2 Å². The molecule has 17 heavy (non-hydrogen) atoms. The normalized spacial score (nSPS) is 10.1. The van der Waals surface area contributed by atoms with Gasteiger partial charge >= 0.3 is 6.03 Å². The van der Waals surface area contributed by atoms with Gasteiger partial charge in [-0.05, 0) is 18.6 Å². The Hall–Kier alpha value is -1.07. The number of aliphatic hydroxyl groups excluding tert-OH is 1. The second-order valence-electron chi connectivity index (χ2n) is 3.55. The number of nitrogens with zero attached hydrogens (tertiary/aromatic N) is 1. The molecule has 0 aliphatic heterocycles. The minimum atomic E-state index is -0.155. The maximum Gasteiger partial charge on any atom is 0.317 e. The van der Waals surface area contributed by atoms with Crippen LogP contribution in [0.3, 0.4) is 0 Å². The summed E-state index contributed by atoms with van der Waals surface area (Å²) in [4.78, 5) is 13.3. The molecule has 0 unspecified atom stereocenters. The molecular weight excluding hydrogens is 284 g/mol. The summed E-state index contributed by atoms with van der Waals surface area (Å²) in [6.07, 6.45) is 0. The molecule has 1 aromatic carbocycles. The zero-order valence-electron chi connectivity index (χ0n) is 9.82. The minimum absolute atomic E-state index is 0.0176. The van der Waals surface area contributed by atoms with Crippen LogP contribution in [0.4, 0.5) is 4.79 Å². The lowest BCUT2D eigenvalue weighted by Gasteiger charge is -2.20. The number of halogens is 1. The fourth-order valence-corrected chi connectivity index (χ4v) is 1.87. The van der Waals surface area contributed by atoms with Gasteiger partial charge in [-0.25, -0.2) is 4.79 Å². The van der Waals surface area contributed by atoms with E-state index in [9.17, 15) is 4.79 Å². The number of benzene rings is 1. The van der Waals surface area contributed by atoms with Gasteiger partial charge in [-0.3, -0.25) is 0 Å². The van der Waals surface area contributed by atoms with E-state index in [4.69, 9.17) is 5.11 Å². The summed E-state index contributed by atoms with van der Waals surface area (Å²) >= 11 is 3.43. The maximum atomic E-state index is 11.7. The number of likely N-dealkylation sites (N-methyl/N-ethyl adjacent to an activating group) is 1. The van der Waals surface area contributed by atoms with Gasteiger partial charge in [0.05, 0.1) is 6.61 Å². The molecular formula is C12H17BrN2O2. The SMILES string of the molecule is CCN(CCO)C(=O)NCc1ccccc1Br. The summed E-state index contributed by atoms with van der Waals surface area (Å²) in [6.45, 7) is 3.28. The van der Waals surface area contributed by atoms with Crippen molar-refractivity contribution in [3.8, 4) is 0 Å². The summed E-state index contributed by atoms with van der Waals surface area (Å²) in [6, 6.07) is 7.59.